The summed E-state index contributed by atoms with van der Waals surface area (Å²) in [7, 11) is 0. The number of amides is 1. The molecular formula is C10H19N3O2. The summed E-state index contributed by atoms with van der Waals surface area (Å²) in [6.45, 7) is 2.48. The Kier molecular flexibility index (Phi) is 3.23. The zero-order valence-corrected chi connectivity index (χ0v) is 8.92. The largest absolute Gasteiger partial charge is 0.378 e. The van der Waals surface area contributed by atoms with E-state index in [1.807, 2.05) is 0 Å². The molecule has 2 fully saturated rings. The Balaban J connectivity index is 1.71. The first-order valence-electron chi connectivity index (χ1n) is 5.57. The predicted molar refractivity (Wildman–Crippen MR) is 56.4 cm³/mol. The Morgan fingerprint density at radius 3 is 2.93 bits per heavy atom. The summed E-state index contributed by atoms with van der Waals surface area (Å²) < 4.78 is 5.22. The first-order valence-corrected chi connectivity index (χ1v) is 5.57. The van der Waals surface area contributed by atoms with Crippen LogP contribution in [0.15, 0.2) is 0 Å². The van der Waals surface area contributed by atoms with Crippen molar-refractivity contribution in [1.82, 2.24) is 10.6 Å². The van der Waals surface area contributed by atoms with Gasteiger partial charge in [-0.3, -0.25) is 4.79 Å². The number of nitrogens with two attached hydrogens (primary N) is 1. The third-order valence-electron chi connectivity index (χ3n) is 3.20. The van der Waals surface area contributed by atoms with Crippen molar-refractivity contribution in [3.8, 4) is 0 Å². The normalized spacial score (nSPS) is 29.3. The summed E-state index contributed by atoms with van der Waals surface area (Å²) in [5.41, 5.74) is 5.87. The van der Waals surface area contributed by atoms with Crippen molar-refractivity contribution in [3.05, 3.63) is 0 Å². The Morgan fingerprint density at radius 1 is 1.60 bits per heavy atom. The fraction of sp³-hybridized carbons (Fsp3) is 0.900. The SMILES string of the molecule is NC1(CNC(=O)C2COCCN2)CCC1. The van der Waals surface area contributed by atoms with Crippen LogP contribution in [0.2, 0.25) is 0 Å². The van der Waals surface area contributed by atoms with Crippen LogP contribution in [-0.2, 0) is 9.53 Å². The lowest BCUT2D eigenvalue weighted by molar-refractivity contribution is -0.126. The van der Waals surface area contributed by atoms with Crippen molar-refractivity contribution in [2.45, 2.75) is 30.8 Å². The second-order valence-corrected chi connectivity index (χ2v) is 4.52. The van der Waals surface area contributed by atoms with Crippen molar-refractivity contribution in [1.29, 1.82) is 0 Å². The third kappa shape index (κ3) is 2.68. The summed E-state index contributed by atoms with van der Waals surface area (Å²) >= 11 is 0. The minimum Gasteiger partial charge on any atom is -0.378 e. The quantitative estimate of drug-likeness (QED) is 0.560. The van der Waals surface area contributed by atoms with E-state index < -0.39 is 0 Å². The summed E-state index contributed by atoms with van der Waals surface area (Å²) in [5.74, 6) is 0.00595. The fourth-order valence-electron chi connectivity index (χ4n) is 1.93. The second-order valence-electron chi connectivity index (χ2n) is 4.52. The van der Waals surface area contributed by atoms with Gasteiger partial charge < -0.3 is 21.1 Å². The minimum atomic E-state index is -0.206. The molecule has 4 N–H and O–H groups in total. The number of carbonyl (C=O) groups excluding carboxylic acids is 1. The van der Waals surface area contributed by atoms with Gasteiger partial charge in [-0.1, -0.05) is 0 Å². The number of morpholine rings is 1. The molecule has 1 atom stereocenters. The Hall–Kier alpha value is -0.650. The maximum absolute atomic E-state index is 11.7. The van der Waals surface area contributed by atoms with E-state index in [1.165, 1.54) is 6.42 Å². The molecule has 1 saturated heterocycles. The molecule has 2 aliphatic rings. The molecule has 2 rings (SSSR count). The second kappa shape index (κ2) is 4.47. The average molecular weight is 213 g/mol. The lowest BCUT2D eigenvalue weighted by Crippen LogP contribution is -2.58. The van der Waals surface area contributed by atoms with Crippen molar-refractivity contribution in [2.75, 3.05) is 26.3 Å². The van der Waals surface area contributed by atoms with E-state index in [0.29, 0.717) is 19.8 Å². The van der Waals surface area contributed by atoms with Crippen molar-refractivity contribution in [2.24, 2.45) is 5.73 Å². The number of nitrogens with one attached hydrogen (secondary N) is 2. The van der Waals surface area contributed by atoms with Gasteiger partial charge in [-0.2, -0.15) is 0 Å². The van der Waals surface area contributed by atoms with Crippen LogP contribution >= 0.6 is 0 Å². The smallest absolute Gasteiger partial charge is 0.239 e. The summed E-state index contributed by atoms with van der Waals surface area (Å²) in [4.78, 5) is 11.7. The lowest BCUT2D eigenvalue weighted by Gasteiger charge is -2.38. The molecule has 1 aliphatic carbocycles. The van der Waals surface area contributed by atoms with Crippen LogP contribution in [0.5, 0.6) is 0 Å². The number of ether oxygens (including phenoxy) is 1. The first kappa shape index (κ1) is 10.9. The molecule has 1 aliphatic heterocycles. The van der Waals surface area contributed by atoms with Gasteiger partial charge in [-0.15, -0.1) is 0 Å². The Bertz CT molecular complexity index is 235. The van der Waals surface area contributed by atoms with E-state index in [1.54, 1.807) is 0 Å². The average Bonchev–Trinajstić information content (AvgIpc) is 2.24. The van der Waals surface area contributed by atoms with E-state index in [9.17, 15) is 4.79 Å². The maximum atomic E-state index is 11.7. The molecule has 1 saturated carbocycles. The molecule has 0 aromatic rings. The van der Waals surface area contributed by atoms with E-state index in [0.717, 1.165) is 19.4 Å². The summed E-state index contributed by atoms with van der Waals surface area (Å²) in [6.07, 6.45) is 3.21. The highest BCUT2D eigenvalue weighted by atomic mass is 16.5. The van der Waals surface area contributed by atoms with Gasteiger partial charge in [-0.25, -0.2) is 0 Å². The molecule has 0 spiro atoms. The summed E-state index contributed by atoms with van der Waals surface area (Å²) in [6, 6.07) is -0.206. The highest BCUT2D eigenvalue weighted by Crippen LogP contribution is 2.27. The molecule has 86 valence electrons. The highest BCUT2D eigenvalue weighted by molar-refractivity contribution is 5.82. The molecule has 0 aromatic carbocycles. The number of hydrogen-bond donors (Lipinski definition) is 3. The van der Waals surface area contributed by atoms with Gasteiger partial charge in [0, 0.05) is 18.6 Å². The van der Waals surface area contributed by atoms with Gasteiger partial charge in [0.25, 0.3) is 0 Å². The van der Waals surface area contributed by atoms with Crippen LogP contribution in [0.3, 0.4) is 0 Å². The topological polar surface area (TPSA) is 76.4 Å². The molecule has 0 radical (unpaired) electrons. The standard InChI is InChI=1S/C10H19N3O2/c11-10(2-1-3-10)7-13-9(14)8-6-15-5-4-12-8/h8,12H,1-7,11H2,(H,13,14). The van der Waals surface area contributed by atoms with Crippen LogP contribution in [0.1, 0.15) is 19.3 Å². The van der Waals surface area contributed by atoms with E-state index in [4.69, 9.17) is 10.5 Å². The molecule has 0 aromatic heterocycles. The van der Waals surface area contributed by atoms with Crippen molar-refractivity contribution in [3.63, 3.8) is 0 Å². The lowest BCUT2D eigenvalue weighted by atomic mass is 9.78. The van der Waals surface area contributed by atoms with E-state index in [2.05, 4.69) is 10.6 Å². The number of rotatable bonds is 3. The third-order valence-corrected chi connectivity index (χ3v) is 3.20. The van der Waals surface area contributed by atoms with Crippen LogP contribution in [0.4, 0.5) is 0 Å². The van der Waals surface area contributed by atoms with Gasteiger partial charge in [0.05, 0.1) is 13.2 Å². The van der Waals surface area contributed by atoms with Crippen LogP contribution in [0.25, 0.3) is 0 Å². The first-order chi connectivity index (χ1) is 7.20. The minimum absolute atomic E-state index is 0.00595. The van der Waals surface area contributed by atoms with Crippen molar-refractivity contribution < 1.29 is 9.53 Å². The molecule has 15 heavy (non-hydrogen) atoms. The van der Waals surface area contributed by atoms with E-state index in [-0.39, 0.29) is 17.5 Å². The number of carbonyl (C=O) groups is 1. The monoisotopic (exact) mass is 213 g/mol. The van der Waals surface area contributed by atoms with Gasteiger partial charge in [0.15, 0.2) is 0 Å². The predicted octanol–water partition coefficient (Wildman–Crippen LogP) is -1.03. The molecular weight excluding hydrogens is 194 g/mol. The molecule has 1 amide bonds. The number of hydrogen-bond acceptors (Lipinski definition) is 4. The molecule has 5 heteroatoms. The summed E-state index contributed by atoms with van der Waals surface area (Å²) in [5, 5.41) is 6.00. The van der Waals surface area contributed by atoms with Crippen LogP contribution < -0.4 is 16.4 Å². The Labute approximate surface area is 89.7 Å². The molecule has 5 nitrogen and oxygen atoms in total. The van der Waals surface area contributed by atoms with Gasteiger partial charge in [0.2, 0.25) is 5.91 Å². The molecule has 1 heterocycles. The zero-order valence-electron chi connectivity index (χ0n) is 8.92. The Morgan fingerprint density at radius 2 is 2.40 bits per heavy atom. The fourth-order valence-corrected chi connectivity index (χ4v) is 1.93. The molecule has 0 bridgehead atoms. The van der Waals surface area contributed by atoms with Gasteiger partial charge in [0.1, 0.15) is 6.04 Å². The van der Waals surface area contributed by atoms with Crippen molar-refractivity contribution >= 4 is 5.91 Å². The zero-order chi connectivity index (χ0) is 10.7. The van der Waals surface area contributed by atoms with Crippen LogP contribution in [-0.4, -0.2) is 43.8 Å². The van der Waals surface area contributed by atoms with Crippen LogP contribution in [0, 0.1) is 0 Å². The molecule has 1 unspecified atom stereocenters. The van der Waals surface area contributed by atoms with Gasteiger partial charge >= 0.3 is 0 Å². The van der Waals surface area contributed by atoms with E-state index >= 15 is 0 Å². The van der Waals surface area contributed by atoms with Gasteiger partial charge in [-0.05, 0) is 19.3 Å². The highest BCUT2D eigenvalue weighted by Gasteiger charge is 2.33. The maximum Gasteiger partial charge on any atom is 0.239 e.